The minimum atomic E-state index is -0.401. The molecule has 4 heteroatoms. The molecule has 28 heavy (non-hydrogen) atoms. The molecule has 142 valence electrons. The van der Waals surface area contributed by atoms with Crippen molar-refractivity contribution in [2.24, 2.45) is 0 Å². The SMILES string of the molecule is Cc1ccc(NC(=O)/C(C#N)=C/C=C2\N(C)c3ccccc3C2(C)C)c(C)c1. The van der Waals surface area contributed by atoms with Gasteiger partial charge in [0.2, 0.25) is 0 Å². The summed E-state index contributed by atoms with van der Waals surface area (Å²) in [6.07, 6.45) is 3.48. The fourth-order valence-electron chi connectivity index (χ4n) is 3.77. The van der Waals surface area contributed by atoms with Gasteiger partial charge in [-0.2, -0.15) is 5.26 Å². The summed E-state index contributed by atoms with van der Waals surface area (Å²) in [5.41, 5.74) is 6.11. The number of carbonyl (C=O) groups excluding carboxylic acids is 1. The predicted molar refractivity (Wildman–Crippen MR) is 114 cm³/mol. The summed E-state index contributed by atoms with van der Waals surface area (Å²) < 4.78 is 0. The maximum Gasteiger partial charge on any atom is 0.266 e. The number of para-hydroxylation sites is 1. The van der Waals surface area contributed by atoms with E-state index in [0.717, 1.165) is 28.2 Å². The molecule has 2 aromatic rings. The molecule has 0 bridgehead atoms. The first-order valence-electron chi connectivity index (χ1n) is 9.30. The molecule has 0 saturated heterocycles. The lowest BCUT2D eigenvalue weighted by molar-refractivity contribution is -0.112. The lowest BCUT2D eigenvalue weighted by Crippen LogP contribution is -2.22. The van der Waals surface area contributed by atoms with Crippen molar-refractivity contribution in [1.29, 1.82) is 5.26 Å². The molecule has 0 aliphatic carbocycles. The van der Waals surface area contributed by atoms with Crippen LogP contribution in [0.3, 0.4) is 0 Å². The molecule has 0 aromatic heterocycles. The van der Waals surface area contributed by atoms with Crippen LogP contribution >= 0.6 is 0 Å². The van der Waals surface area contributed by atoms with Gasteiger partial charge < -0.3 is 10.2 Å². The first-order valence-corrected chi connectivity index (χ1v) is 9.30. The van der Waals surface area contributed by atoms with Crippen molar-refractivity contribution >= 4 is 17.3 Å². The largest absolute Gasteiger partial charge is 0.347 e. The van der Waals surface area contributed by atoms with Crippen LogP contribution in [-0.2, 0) is 10.2 Å². The first kappa shape index (κ1) is 19.4. The molecule has 1 N–H and O–H groups in total. The topological polar surface area (TPSA) is 56.1 Å². The number of hydrogen-bond donors (Lipinski definition) is 1. The van der Waals surface area contributed by atoms with Crippen molar-refractivity contribution in [3.05, 3.63) is 82.6 Å². The lowest BCUT2D eigenvalue weighted by Gasteiger charge is -2.23. The number of amides is 1. The van der Waals surface area contributed by atoms with Crippen LogP contribution in [0.2, 0.25) is 0 Å². The summed E-state index contributed by atoms with van der Waals surface area (Å²) in [5, 5.41) is 12.3. The Kier molecular flexibility index (Phi) is 5.11. The first-order chi connectivity index (χ1) is 13.3. The van der Waals surface area contributed by atoms with Gasteiger partial charge in [0.25, 0.3) is 5.91 Å². The molecular formula is C24H25N3O. The number of hydrogen-bond acceptors (Lipinski definition) is 3. The Labute approximate surface area is 166 Å². The number of nitrogens with one attached hydrogen (secondary N) is 1. The molecular weight excluding hydrogens is 346 g/mol. The molecule has 0 saturated carbocycles. The summed E-state index contributed by atoms with van der Waals surface area (Å²) >= 11 is 0. The number of benzene rings is 2. The highest BCUT2D eigenvalue weighted by atomic mass is 16.1. The van der Waals surface area contributed by atoms with Crippen LogP contribution in [0.5, 0.6) is 0 Å². The van der Waals surface area contributed by atoms with E-state index in [-0.39, 0.29) is 11.0 Å². The average molecular weight is 371 g/mol. The van der Waals surface area contributed by atoms with Gasteiger partial charge in [-0.3, -0.25) is 4.79 Å². The van der Waals surface area contributed by atoms with Crippen molar-refractivity contribution in [3.8, 4) is 6.07 Å². The molecule has 0 spiro atoms. The number of aryl methyl sites for hydroxylation is 2. The Balaban J connectivity index is 1.89. The standard InChI is InChI=1S/C24H25N3O/c1-16-10-12-20(17(2)14-16)26-23(28)18(15-25)11-13-22-24(3,4)19-8-6-7-9-21(19)27(22)5/h6-14H,1-5H3,(H,26,28)/b18-11+,22-13-. The van der Waals surface area contributed by atoms with Crippen LogP contribution in [-0.4, -0.2) is 13.0 Å². The van der Waals surface area contributed by atoms with Crippen LogP contribution in [0.4, 0.5) is 11.4 Å². The summed E-state index contributed by atoms with van der Waals surface area (Å²) in [6.45, 7) is 8.24. The quantitative estimate of drug-likeness (QED) is 0.610. The minimum absolute atomic E-state index is 0.0765. The molecule has 2 aromatic carbocycles. The normalized spacial score (nSPS) is 16.6. The number of anilines is 2. The summed E-state index contributed by atoms with van der Waals surface area (Å²) in [5.74, 6) is -0.401. The van der Waals surface area contributed by atoms with Gasteiger partial charge in [-0.05, 0) is 49.3 Å². The molecule has 3 rings (SSSR count). The van der Waals surface area contributed by atoms with Crippen LogP contribution < -0.4 is 10.2 Å². The van der Waals surface area contributed by atoms with Gasteiger partial charge >= 0.3 is 0 Å². The van der Waals surface area contributed by atoms with Gasteiger partial charge in [0.15, 0.2) is 0 Å². The highest BCUT2D eigenvalue weighted by Gasteiger charge is 2.37. The number of carbonyl (C=O) groups is 1. The van der Waals surface area contributed by atoms with E-state index >= 15 is 0 Å². The maximum atomic E-state index is 12.6. The van der Waals surface area contributed by atoms with Gasteiger partial charge in [-0.1, -0.05) is 49.7 Å². The van der Waals surface area contributed by atoms with Gasteiger partial charge in [-0.25, -0.2) is 0 Å². The van der Waals surface area contributed by atoms with Crippen LogP contribution in [0, 0.1) is 25.2 Å². The monoisotopic (exact) mass is 371 g/mol. The number of nitriles is 1. The van der Waals surface area contributed by atoms with E-state index in [1.54, 1.807) is 6.08 Å². The second kappa shape index (κ2) is 7.36. The Bertz CT molecular complexity index is 1040. The summed E-state index contributed by atoms with van der Waals surface area (Å²) in [7, 11) is 2.01. The zero-order chi connectivity index (χ0) is 20.5. The zero-order valence-electron chi connectivity index (χ0n) is 17.0. The number of nitrogens with zero attached hydrogens (tertiary/aromatic N) is 2. The molecule has 1 aliphatic rings. The molecule has 1 amide bonds. The number of rotatable bonds is 3. The third-order valence-electron chi connectivity index (χ3n) is 5.34. The van der Waals surface area contributed by atoms with E-state index in [1.165, 1.54) is 5.56 Å². The third kappa shape index (κ3) is 3.44. The number of fused-ring (bicyclic) bond motifs is 1. The van der Waals surface area contributed by atoms with E-state index in [0.29, 0.717) is 0 Å². The van der Waals surface area contributed by atoms with Gasteiger partial charge in [-0.15, -0.1) is 0 Å². The Morgan fingerprint density at radius 2 is 1.89 bits per heavy atom. The highest BCUT2D eigenvalue weighted by molar-refractivity contribution is 6.07. The van der Waals surface area contributed by atoms with Crippen molar-refractivity contribution in [3.63, 3.8) is 0 Å². The summed E-state index contributed by atoms with van der Waals surface area (Å²) in [4.78, 5) is 14.7. The molecule has 0 atom stereocenters. The van der Waals surface area contributed by atoms with Gasteiger partial charge in [0.05, 0.1) is 0 Å². The molecule has 0 fully saturated rings. The van der Waals surface area contributed by atoms with E-state index < -0.39 is 5.91 Å². The fraction of sp³-hybridized carbons (Fsp3) is 0.250. The van der Waals surface area contributed by atoms with Crippen LogP contribution in [0.15, 0.2) is 65.9 Å². The molecule has 1 heterocycles. The fourth-order valence-corrected chi connectivity index (χ4v) is 3.77. The third-order valence-corrected chi connectivity index (χ3v) is 5.34. The molecule has 1 aliphatic heterocycles. The Morgan fingerprint density at radius 1 is 1.18 bits per heavy atom. The maximum absolute atomic E-state index is 12.6. The predicted octanol–water partition coefficient (Wildman–Crippen LogP) is 5.00. The Hall–Kier alpha value is -3.32. The second-order valence-electron chi connectivity index (χ2n) is 7.72. The molecule has 0 radical (unpaired) electrons. The smallest absolute Gasteiger partial charge is 0.266 e. The molecule has 4 nitrogen and oxygen atoms in total. The zero-order valence-corrected chi connectivity index (χ0v) is 17.0. The minimum Gasteiger partial charge on any atom is -0.347 e. The number of allylic oxidation sites excluding steroid dienone is 3. The summed E-state index contributed by atoms with van der Waals surface area (Å²) in [6, 6.07) is 16.1. The van der Waals surface area contributed by atoms with Gasteiger partial charge in [0.1, 0.15) is 11.6 Å². The Morgan fingerprint density at radius 3 is 2.54 bits per heavy atom. The van der Waals surface area contributed by atoms with Crippen LogP contribution in [0.25, 0.3) is 0 Å². The average Bonchev–Trinajstić information content (AvgIpc) is 2.85. The molecule has 0 unspecified atom stereocenters. The van der Waals surface area contributed by atoms with E-state index in [9.17, 15) is 10.1 Å². The van der Waals surface area contributed by atoms with Crippen molar-refractivity contribution in [2.75, 3.05) is 17.3 Å². The van der Waals surface area contributed by atoms with Crippen molar-refractivity contribution in [1.82, 2.24) is 0 Å². The lowest BCUT2D eigenvalue weighted by atomic mass is 9.83. The van der Waals surface area contributed by atoms with Crippen LogP contribution in [0.1, 0.15) is 30.5 Å². The van der Waals surface area contributed by atoms with Crippen molar-refractivity contribution < 1.29 is 4.79 Å². The highest BCUT2D eigenvalue weighted by Crippen LogP contribution is 2.46. The van der Waals surface area contributed by atoms with Gasteiger partial charge in [0, 0.05) is 29.5 Å². The van der Waals surface area contributed by atoms with E-state index in [2.05, 4.69) is 36.2 Å². The van der Waals surface area contributed by atoms with E-state index in [4.69, 9.17) is 0 Å². The number of likely N-dealkylation sites (N-methyl/N-ethyl adjacent to an activating group) is 1. The van der Waals surface area contributed by atoms with E-state index in [1.807, 2.05) is 63.4 Å². The van der Waals surface area contributed by atoms with Crippen molar-refractivity contribution in [2.45, 2.75) is 33.1 Å². The second-order valence-corrected chi connectivity index (χ2v) is 7.72.